The van der Waals surface area contributed by atoms with Gasteiger partial charge < -0.3 is 24.4 Å². The second-order valence-electron chi connectivity index (χ2n) is 8.59. The Hall–Kier alpha value is -2.19. The van der Waals surface area contributed by atoms with E-state index in [0.29, 0.717) is 13.0 Å². The summed E-state index contributed by atoms with van der Waals surface area (Å²) in [6, 6.07) is 9.60. The Kier molecular flexibility index (Phi) is 7.86. The lowest BCUT2D eigenvalue weighted by Gasteiger charge is -2.26. The first-order valence-corrected chi connectivity index (χ1v) is 12.5. The average molecular weight is 472 g/mol. The number of aromatic nitrogens is 1. The summed E-state index contributed by atoms with van der Waals surface area (Å²) in [5.74, 6) is 1.48. The Bertz CT molecular complexity index is 1080. The molecule has 1 fully saturated rings. The fourth-order valence-electron chi connectivity index (χ4n) is 4.49. The van der Waals surface area contributed by atoms with E-state index in [2.05, 4.69) is 0 Å². The van der Waals surface area contributed by atoms with E-state index in [1.165, 1.54) is 0 Å². The van der Waals surface area contributed by atoms with E-state index in [0.717, 1.165) is 69.1 Å². The van der Waals surface area contributed by atoms with Crippen molar-refractivity contribution in [1.29, 1.82) is 0 Å². The minimum Gasteiger partial charge on any atom is -0.496 e. The van der Waals surface area contributed by atoms with Gasteiger partial charge in [0.05, 0.1) is 47.8 Å². The zero-order valence-corrected chi connectivity index (χ0v) is 20.4. The second-order valence-corrected chi connectivity index (χ2v) is 9.70. The van der Waals surface area contributed by atoms with E-state index in [-0.39, 0.29) is 12.7 Å². The maximum Gasteiger partial charge on any atom is 0.122 e. The standard InChI is InChI=1S/C26H33NO5S/c1-4-31-20-11-18(15-28)25-23(13-20)33-24(27-25)14-22(32-19-7-5-6-8-19)26(29)17-10-9-16(2)21(12-17)30-3/h9-13,19,22,26,28-29H,4-8,14-15H2,1-3H3/t22-,26+/m0/s1. The van der Waals surface area contributed by atoms with Crippen molar-refractivity contribution in [2.24, 2.45) is 0 Å². The summed E-state index contributed by atoms with van der Waals surface area (Å²) in [5, 5.41) is 22.1. The predicted octanol–water partition coefficient (Wildman–Crippen LogP) is 5.11. The summed E-state index contributed by atoms with van der Waals surface area (Å²) in [4.78, 5) is 4.81. The highest BCUT2D eigenvalue weighted by Gasteiger charge is 2.29. The van der Waals surface area contributed by atoms with Gasteiger partial charge in [0.25, 0.3) is 0 Å². The SMILES string of the molecule is CCOc1cc(CO)c2nc(C[C@H](OC3CCCC3)[C@H](O)c3ccc(C)c(OC)c3)sc2c1. The zero-order chi connectivity index (χ0) is 23.4. The molecule has 1 aliphatic carbocycles. The van der Waals surface area contributed by atoms with Crippen LogP contribution in [0.2, 0.25) is 0 Å². The Morgan fingerprint density at radius 1 is 1.18 bits per heavy atom. The highest BCUT2D eigenvalue weighted by molar-refractivity contribution is 7.18. The molecule has 33 heavy (non-hydrogen) atoms. The topological polar surface area (TPSA) is 81.0 Å². The maximum absolute atomic E-state index is 11.3. The van der Waals surface area contributed by atoms with Crippen molar-refractivity contribution in [2.75, 3.05) is 13.7 Å². The molecule has 0 aliphatic heterocycles. The summed E-state index contributed by atoms with van der Waals surface area (Å²) >= 11 is 1.56. The van der Waals surface area contributed by atoms with Crippen molar-refractivity contribution < 1.29 is 24.4 Å². The molecule has 2 aromatic carbocycles. The third-order valence-corrected chi connectivity index (χ3v) is 7.27. The Labute approximate surface area is 199 Å². The van der Waals surface area contributed by atoms with Crippen molar-refractivity contribution in [3.05, 3.63) is 52.0 Å². The molecule has 7 heteroatoms. The van der Waals surface area contributed by atoms with Gasteiger partial charge in [0, 0.05) is 12.0 Å². The van der Waals surface area contributed by atoms with Gasteiger partial charge in [-0.05, 0) is 56.0 Å². The Balaban J connectivity index is 1.64. The fourth-order valence-corrected chi connectivity index (χ4v) is 5.57. The largest absolute Gasteiger partial charge is 0.496 e. The van der Waals surface area contributed by atoms with Crippen LogP contribution in [0.5, 0.6) is 11.5 Å². The van der Waals surface area contributed by atoms with Crippen molar-refractivity contribution in [3.8, 4) is 11.5 Å². The van der Waals surface area contributed by atoms with E-state index in [4.69, 9.17) is 19.2 Å². The lowest BCUT2D eigenvalue weighted by molar-refractivity contribution is -0.0753. The first-order valence-electron chi connectivity index (χ1n) is 11.7. The van der Waals surface area contributed by atoms with Crippen molar-refractivity contribution in [1.82, 2.24) is 4.98 Å². The van der Waals surface area contributed by atoms with Crippen LogP contribution in [0.25, 0.3) is 10.2 Å². The average Bonchev–Trinajstić information content (AvgIpc) is 3.47. The molecule has 0 amide bonds. The molecule has 1 aliphatic rings. The van der Waals surface area contributed by atoms with Crippen LogP contribution in [0.1, 0.15) is 60.4 Å². The first kappa shape index (κ1) is 24.0. The zero-order valence-electron chi connectivity index (χ0n) is 19.5. The number of benzene rings is 2. The van der Waals surface area contributed by atoms with Crippen LogP contribution in [-0.2, 0) is 17.8 Å². The van der Waals surface area contributed by atoms with Gasteiger partial charge in [-0.2, -0.15) is 0 Å². The lowest BCUT2D eigenvalue weighted by atomic mass is 10.00. The number of thiazole rings is 1. The van der Waals surface area contributed by atoms with Crippen molar-refractivity contribution >= 4 is 21.6 Å². The molecule has 178 valence electrons. The molecule has 0 saturated heterocycles. The Morgan fingerprint density at radius 2 is 1.97 bits per heavy atom. The maximum atomic E-state index is 11.3. The lowest BCUT2D eigenvalue weighted by Crippen LogP contribution is -2.29. The summed E-state index contributed by atoms with van der Waals surface area (Å²) in [6.07, 6.45) is 3.78. The van der Waals surface area contributed by atoms with Crippen molar-refractivity contribution in [2.45, 2.75) is 70.9 Å². The molecule has 1 heterocycles. The minimum absolute atomic E-state index is 0.103. The molecule has 1 saturated carbocycles. The Morgan fingerprint density at radius 3 is 2.67 bits per heavy atom. The van der Waals surface area contributed by atoms with Gasteiger partial charge >= 0.3 is 0 Å². The molecule has 2 atom stereocenters. The van der Waals surface area contributed by atoms with E-state index in [1.54, 1.807) is 18.4 Å². The van der Waals surface area contributed by atoms with E-state index < -0.39 is 12.2 Å². The molecule has 0 bridgehead atoms. The van der Waals surface area contributed by atoms with E-state index in [9.17, 15) is 10.2 Å². The summed E-state index contributed by atoms with van der Waals surface area (Å²) in [5.41, 5.74) is 3.33. The normalized spacial score (nSPS) is 16.3. The number of rotatable bonds is 10. The van der Waals surface area contributed by atoms with Gasteiger partial charge in [-0.25, -0.2) is 4.98 Å². The number of hydrogen-bond acceptors (Lipinski definition) is 7. The highest BCUT2D eigenvalue weighted by Crippen LogP contribution is 2.35. The monoisotopic (exact) mass is 471 g/mol. The molecule has 0 radical (unpaired) electrons. The number of fused-ring (bicyclic) bond motifs is 1. The van der Waals surface area contributed by atoms with Gasteiger partial charge in [0.15, 0.2) is 0 Å². The van der Waals surface area contributed by atoms with Crippen LogP contribution in [0.3, 0.4) is 0 Å². The van der Waals surface area contributed by atoms with Crippen LogP contribution < -0.4 is 9.47 Å². The molecular weight excluding hydrogens is 438 g/mol. The summed E-state index contributed by atoms with van der Waals surface area (Å²) < 4.78 is 18.5. The molecule has 0 unspecified atom stereocenters. The van der Waals surface area contributed by atoms with Crippen LogP contribution in [-0.4, -0.2) is 41.1 Å². The number of aryl methyl sites for hydroxylation is 1. The third kappa shape index (κ3) is 5.49. The smallest absolute Gasteiger partial charge is 0.122 e. The summed E-state index contributed by atoms with van der Waals surface area (Å²) in [7, 11) is 1.64. The number of nitrogens with zero attached hydrogens (tertiary/aromatic N) is 1. The molecule has 2 N–H and O–H groups in total. The molecule has 3 aromatic rings. The molecule has 6 nitrogen and oxygen atoms in total. The number of ether oxygens (including phenoxy) is 3. The number of aliphatic hydroxyl groups is 2. The predicted molar refractivity (Wildman–Crippen MR) is 130 cm³/mol. The third-order valence-electron chi connectivity index (χ3n) is 6.24. The fraction of sp³-hybridized carbons (Fsp3) is 0.500. The number of aliphatic hydroxyl groups excluding tert-OH is 2. The number of hydrogen-bond donors (Lipinski definition) is 2. The van der Waals surface area contributed by atoms with Gasteiger partial charge in [-0.15, -0.1) is 11.3 Å². The molecular formula is C26H33NO5S. The van der Waals surface area contributed by atoms with Crippen LogP contribution >= 0.6 is 11.3 Å². The first-order chi connectivity index (χ1) is 16.0. The molecule has 4 rings (SSSR count). The second kappa shape index (κ2) is 10.8. The van der Waals surface area contributed by atoms with Gasteiger partial charge in [-0.3, -0.25) is 0 Å². The van der Waals surface area contributed by atoms with Crippen LogP contribution in [0.15, 0.2) is 30.3 Å². The van der Waals surface area contributed by atoms with Gasteiger partial charge in [0.1, 0.15) is 17.6 Å². The van der Waals surface area contributed by atoms with Crippen molar-refractivity contribution in [3.63, 3.8) is 0 Å². The quantitative estimate of drug-likeness (QED) is 0.428. The van der Waals surface area contributed by atoms with Crippen LogP contribution in [0.4, 0.5) is 0 Å². The minimum atomic E-state index is -0.802. The van der Waals surface area contributed by atoms with Gasteiger partial charge in [0.2, 0.25) is 0 Å². The van der Waals surface area contributed by atoms with Crippen LogP contribution in [0, 0.1) is 6.92 Å². The summed E-state index contributed by atoms with van der Waals surface area (Å²) in [6.45, 7) is 4.38. The van der Waals surface area contributed by atoms with Gasteiger partial charge in [-0.1, -0.05) is 25.0 Å². The highest BCUT2D eigenvalue weighted by atomic mass is 32.1. The number of methoxy groups -OCH3 is 1. The van der Waals surface area contributed by atoms with E-state index >= 15 is 0 Å². The molecule has 1 aromatic heterocycles. The van der Waals surface area contributed by atoms with E-state index in [1.807, 2.05) is 44.2 Å². The molecule has 0 spiro atoms.